The fourth-order valence-corrected chi connectivity index (χ4v) is 4.66. The highest BCUT2D eigenvalue weighted by atomic mass is 16.2. The van der Waals surface area contributed by atoms with Gasteiger partial charge in [0.25, 0.3) is 0 Å². The Kier molecular flexibility index (Phi) is 3.20. The third-order valence-electron chi connectivity index (χ3n) is 6.08. The zero-order chi connectivity index (χ0) is 17.8. The fourth-order valence-electron chi connectivity index (χ4n) is 4.66. The first kappa shape index (κ1) is 16.0. The number of hydrogen-bond acceptors (Lipinski definition) is 5. The maximum absolute atomic E-state index is 12.8. The number of rotatable bonds is 1. The van der Waals surface area contributed by atoms with Gasteiger partial charge in [0.2, 0.25) is 5.91 Å². The van der Waals surface area contributed by atoms with Gasteiger partial charge in [0, 0.05) is 17.8 Å². The number of carbonyl (C=O) groups is 1. The molecule has 1 aliphatic heterocycles. The van der Waals surface area contributed by atoms with Crippen LogP contribution in [0.25, 0.3) is 0 Å². The highest BCUT2D eigenvalue weighted by molar-refractivity contribution is 5.93. The van der Waals surface area contributed by atoms with Gasteiger partial charge < -0.3 is 11.1 Å². The summed E-state index contributed by atoms with van der Waals surface area (Å²) in [4.78, 5) is 12.8. The number of nitrogens with one attached hydrogen (secondary N) is 1. The molecule has 3 N–H and O–H groups in total. The van der Waals surface area contributed by atoms with Gasteiger partial charge in [0.1, 0.15) is 0 Å². The van der Waals surface area contributed by atoms with Gasteiger partial charge in [0.05, 0.1) is 23.9 Å². The Morgan fingerprint density at radius 3 is 2.17 bits per heavy atom. The summed E-state index contributed by atoms with van der Waals surface area (Å²) >= 11 is 0. The van der Waals surface area contributed by atoms with E-state index in [9.17, 15) is 20.6 Å². The van der Waals surface area contributed by atoms with E-state index in [1.165, 1.54) is 0 Å². The van der Waals surface area contributed by atoms with E-state index in [4.69, 9.17) is 5.73 Å². The molecule has 1 amide bonds. The largest absolute Gasteiger partial charge is 0.336 e. The number of amides is 1. The van der Waals surface area contributed by atoms with Crippen LogP contribution >= 0.6 is 0 Å². The van der Waals surface area contributed by atoms with Crippen LogP contribution in [0, 0.1) is 56.7 Å². The Labute approximate surface area is 140 Å². The van der Waals surface area contributed by atoms with Crippen LogP contribution in [-0.4, -0.2) is 11.6 Å². The van der Waals surface area contributed by atoms with Crippen molar-refractivity contribution in [2.45, 2.75) is 25.4 Å². The Hall–Kier alpha value is -2.88. The zero-order valence-electron chi connectivity index (χ0n) is 13.4. The third-order valence-corrected chi connectivity index (χ3v) is 6.08. The van der Waals surface area contributed by atoms with Gasteiger partial charge in [-0.2, -0.15) is 15.8 Å². The van der Waals surface area contributed by atoms with Crippen LogP contribution in [0.2, 0.25) is 0 Å². The summed E-state index contributed by atoms with van der Waals surface area (Å²) in [5, 5.41) is 32.6. The van der Waals surface area contributed by atoms with Crippen LogP contribution < -0.4 is 11.1 Å². The number of nitrogens with two attached hydrogens (primary N) is 1. The molecular weight excluding hydrogens is 302 g/mol. The van der Waals surface area contributed by atoms with Gasteiger partial charge >= 0.3 is 0 Å². The van der Waals surface area contributed by atoms with Crippen LogP contribution in [0.3, 0.4) is 0 Å². The molecule has 0 unspecified atom stereocenters. The molecule has 24 heavy (non-hydrogen) atoms. The van der Waals surface area contributed by atoms with Gasteiger partial charge in [-0.1, -0.05) is 44.2 Å². The molecule has 1 saturated carbocycles. The van der Waals surface area contributed by atoms with E-state index in [1.807, 2.05) is 31.2 Å². The lowest BCUT2D eigenvalue weighted by Gasteiger charge is -2.52. The van der Waals surface area contributed by atoms with Gasteiger partial charge in [0.15, 0.2) is 10.8 Å². The summed E-state index contributed by atoms with van der Waals surface area (Å²) in [5.74, 6) is -2.36. The zero-order valence-corrected chi connectivity index (χ0v) is 13.4. The van der Waals surface area contributed by atoms with Crippen LogP contribution in [0.15, 0.2) is 30.3 Å². The summed E-state index contributed by atoms with van der Waals surface area (Å²) in [6.45, 7) is 3.49. The highest BCUT2D eigenvalue weighted by Gasteiger charge is 2.79. The third kappa shape index (κ3) is 1.44. The second-order valence-corrected chi connectivity index (χ2v) is 6.74. The van der Waals surface area contributed by atoms with Crippen molar-refractivity contribution < 1.29 is 4.79 Å². The van der Waals surface area contributed by atoms with Crippen LogP contribution in [0.1, 0.15) is 25.3 Å². The molecule has 120 valence electrons. The first-order valence-corrected chi connectivity index (χ1v) is 7.76. The number of fused-ring (bicyclic) bond motifs is 2. The standard InChI is InChI=1S/C18H17N5O/c1-11-14(13-6-4-3-5-7-13)16(8-19,9-20)17(10-21)12(2)18(11,22)23-15(17)24/h3-7,11-12,14H,22H2,1-2H3,(H,23,24)/t11-,12-,14+,17+,18-/m1/s1. The molecule has 1 saturated heterocycles. The monoisotopic (exact) mass is 319 g/mol. The van der Waals surface area contributed by atoms with Crippen molar-refractivity contribution in [3.8, 4) is 18.2 Å². The van der Waals surface area contributed by atoms with Crippen molar-refractivity contribution in [3.05, 3.63) is 35.9 Å². The first-order chi connectivity index (χ1) is 11.4. The fraction of sp³-hybridized carbons (Fsp3) is 0.444. The van der Waals surface area contributed by atoms with Crippen molar-refractivity contribution in [1.82, 2.24) is 5.32 Å². The second kappa shape index (κ2) is 4.81. The van der Waals surface area contributed by atoms with Gasteiger partial charge in [-0.3, -0.25) is 4.79 Å². The van der Waals surface area contributed by atoms with Gasteiger partial charge in [-0.05, 0) is 5.56 Å². The van der Waals surface area contributed by atoms with Crippen LogP contribution in [-0.2, 0) is 4.79 Å². The minimum Gasteiger partial charge on any atom is -0.336 e. The Morgan fingerprint density at radius 1 is 1.08 bits per heavy atom. The molecule has 6 nitrogen and oxygen atoms in total. The Bertz CT molecular complexity index is 816. The molecule has 0 spiro atoms. The molecule has 1 aromatic carbocycles. The van der Waals surface area contributed by atoms with E-state index in [1.54, 1.807) is 31.2 Å². The van der Waals surface area contributed by atoms with Crippen molar-refractivity contribution in [3.63, 3.8) is 0 Å². The highest BCUT2D eigenvalue weighted by Crippen LogP contribution is 2.66. The number of nitriles is 3. The quantitative estimate of drug-likeness (QED) is 0.808. The van der Waals surface area contributed by atoms with E-state index in [-0.39, 0.29) is 0 Å². The van der Waals surface area contributed by atoms with Gasteiger partial charge in [-0.15, -0.1) is 0 Å². The van der Waals surface area contributed by atoms with Crippen molar-refractivity contribution in [2.24, 2.45) is 28.4 Å². The van der Waals surface area contributed by atoms with Gasteiger partial charge in [-0.25, -0.2) is 0 Å². The average Bonchev–Trinajstić information content (AvgIpc) is 2.77. The molecule has 2 aliphatic rings. The molecule has 0 radical (unpaired) electrons. The molecular formula is C18H17N5O. The SMILES string of the molecule is C[C@@H]1[C@@H](c2ccccc2)C(C#N)(C#N)[C@]2(C#N)C(=O)N[C@@]1(N)[C@@H]2C. The summed E-state index contributed by atoms with van der Waals surface area (Å²) in [7, 11) is 0. The van der Waals surface area contributed by atoms with Crippen molar-refractivity contribution in [1.29, 1.82) is 15.8 Å². The van der Waals surface area contributed by atoms with E-state index in [0.29, 0.717) is 0 Å². The molecule has 6 heteroatoms. The topological polar surface area (TPSA) is 126 Å². The Balaban J connectivity index is 2.40. The summed E-state index contributed by atoms with van der Waals surface area (Å²) in [5.41, 5.74) is 2.45. The Morgan fingerprint density at radius 2 is 1.67 bits per heavy atom. The smallest absolute Gasteiger partial charge is 0.245 e. The molecule has 1 aliphatic carbocycles. The van der Waals surface area contributed by atoms with Crippen LogP contribution in [0.5, 0.6) is 0 Å². The average molecular weight is 319 g/mol. The predicted octanol–water partition coefficient (Wildman–Crippen LogP) is 1.38. The maximum Gasteiger partial charge on any atom is 0.245 e. The predicted molar refractivity (Wildman–Crippen MR) is 84.3 cm³/mol. The van der Waals surface area contributed by atoms with Crippen molar-refractivity contribution in [2.75, 3.05) is 0 Å². The lowest BCUT2D eigenvalue weighted by atomic mass is 9.45. The first-order valence-electron chi connectivity index (χ1n) is 7.76. The lowest BCUT2D eigenvalue weighted by molar-refractivity contribution is -0.129. The normalized spacial score (nSPS) is 39.2. The van der Waals surface area contributed by atoms with E-state index in [0.717, 1.165) is 5.56 Å². The summed E-state index contributed by atoms with van der Waals surface area (Å²) in [6, 6.07) is 15.1. The molecule has 5 atom stereocenters. The maximum atomic E-state index is 12.8. The van der Waals surface area contributed by atoms with Crippen LogP contribution in [0.4, 0.5) is 0 Å². The number of nitrogens with zero attached hydrogens (tertiary/aromatic N) is 3. The van der Waals surface area contributed by atoms with E-state index >= 15 is 0 Å². The number of benzene rings is 1. The van der Waals surface area contributed by atoms with E-state index < -0.39 is 40.2 Å². The summed E-state index contributed by atoms with van der Waals surface area (Å²) in [6.07, 6.45) is 0. The lowest BCUT2D eigenvalue weighted by Crippen LogP contribution is -2.66. The minimum atomic E-state index is -1.81. The van der Waals surface area contributed by atoms with E-state index in [2.05, 4.69) is 5.32 Å². The summed E-state index contributed by atoms with van der Waals surface area (Å²) < 4.78 is 0. The number of hydrogen-bond donors (Lipinski definition) is 2. The molecule has 3 rings (SSSR count). The molecule has 0 aromatic heterocycles. The minimum absolute atomic E-state index is 0.401. The van der Waals surface area contributed by atoms with Crippen molar-refractivity contribution >= 4 is 5.91 Å². The molecule has 1 heterocycles. The molecule has 2 bridgehead atoms. The second-order valence-electron chi connectivity index (χ2n) is 6.74. The molecule has 2 fully saturated rings. The molecule has 1 aromatic rings. The number of carbonyl (C=O) groups excluding carboxylic acids is 1.